The van der Waals surface area contributed by atoms with Crippen LogP contribution in [0.5, 0.6) is 0 Å². The molecule has 42 heavy (non-hydrogen) atoms. The number of nitrogens with zero attached hydrogens (tertiary/aromatic N) is 3. The average molecular weight is 626 g/mol. The number of carbonyl (C=O) groups is 1. The van der Waals surface area contributed by atoms with Crippen molar-refractivity contribution in [3.8, 4) is 0 Å². The van der Waals surface area contributed by atoms with E-state index in [1.807, 2.05) is 13.3 Å². The molecule has 0 aliphatic heterocycles. The van der Waals surface area contributed by atoms with E-state index in [1.54, 1.807) is 31.3 Å². The highest BCUT2D eigenvalue weighted by Gasteiger charge is 2.37. The summed E-state index contributed by atoms with van der Waals surface area (Å²) in [6.07, 6.45) is -0.555. The number of hydrogen-bond acceptors (Lipinski definition) is 7. The molecule has 3 atom stereocenters. The van der Waals surface area contributed by atoms with Gasteiger partial charge in [-0.1, -0.05) is 0 Å². The van der Waals surface area contributed by atoms with Gasteiger partial charge in [-0.3, -0.25) is 9.48 Å². The first kappa shape index (κ1) is 32.2. The highest BCUT2D eigenvalue weighted by molar-refractivity contribution is 7.98. The van der Waals surface area contributed by atoms with Crippen molar-refractivity contribution in [1.82, 2.24) is 20.0 Å². The van der Waals surface area contributed by atoms with E-state index >= 15 is 0 Å². The van der Waals surface area contributed by atoms with E-state index in [1.165, 1.54) is 22.5 Å². The minimum atomic E-state index is -4.51. The zero-order valence-electron chi connectivity index (χ0n) is 24.4. The summed E-state index contributed by atoms with van der Waals surface area (Å²) >= 11 is 1.53. The van der Waals surface area contributed by atoms with Gasteiger partial charge in [0.05, 0.1) is 28.3 Å². The largest absolute Gasteiger partial charge is 0.416 e. The van der Waals surface area contributed by atoms with Crippen LogP contribution >= 0.6 is 11.8 Å². The third kappa shape index (κ3) is 7.41. The lowest BCUT2D eigenvalue weighted by atomic mass is 9.81. The smallest absolute Gasteiger partial charge is 0.359 e. The van der Waals surface area contributed by atoms with Crippen molar-refractivity contribution in [2.45, 2.75) is 67.2 Å². The average Bonchev–Trinajstić information content (AvgIpc) is 3.26. The molecule has 2 aromatic carbocycles. The van der Waals surface area contributed by atoms with E-state index < -0.39 is 21.6 Å². The number of nitrogens with one attached hydrogen (secondary N) is 2. The fourth-order valence-electron chi connectivity index (χ4n) is 5.56. The van der Waals surface area contributed by atoms with Crippen molar-refractivity contribution in [3.05, 3.63) is 48.0 Å². The number of sulfone groups is 1. The summed E-state index contributed by atoms with van der Waals surface area (Å²) < 4.78 is 68.2. The van der Waals surface area contributed by atoms with E-state index in [9.17, 15) is 26.4 Å². The third-order valence-electron chi connectivity index (χ3n) is 8.14. The van der Waals surface area contributed by atoms with Gasteiger partial charge < -0.3 is 15.5 Å². The standard InChI is InChI=1S/C29H38F3N5O3S2/c1-18(2)36(3)21-7-12-25(19(14-21)17-42(39,40)23-10-8-22(41-5)9-11-23)34-27(38)16-33-28-24-15-20(29(30,31)32)6-13-26(24)37(4)35-28/h6,8-11,13,15,18-19,21,25H,7,12,14,16-17H2,1-5H3,(H,33,35)(H,34,38)/t19-,21+,25-/m0/s1. The lowest BCUT2D eigenvalue weighted by Crippen LogP contribution is -2.51. The summed E-state index contributed by atoms with van der Waals surface area (Å²) in [5.74, 6) is -0.626. The molecule has 1 amide bonds. The van der Waals surface area contributed by atoms with Crippen LogP contribution in [0.2, 0.25) is 0 Å². The third-order valence-corrected chi connectivity index (χ3v) is 10.7. The molecule has 1 aliphatic rings. The summed E-state index contributed by atoms with van der Waals surface area (Å²) in [5, 5.41) is 10.4. The van der Waals surface area contributed by atoms with Crippen LogP contribution in [-0.2, 0) is 27.9 Å². The van der Waals surface area contributed by atoms with Gasteiger partial charge in [-0.15, -0.1) is 11.8 Å². The Morgan fingerprint density at radius 2 is 1.86 bits per heavy atom. The normalized spacial score (nSPS) is 19.9. The van der Waals surface area contributed by atoms with Crippen LogP contribution in [0.3, 0.4) is 0 Å². The number of rotatable bonds is 10. The molecule has 0 saturated heterocycles. The highest BCUT2D eigenvalue weighted by Crippen LogP contribution is 2.34. The maximum atomic E-state index is 13.4. The van der Waals surface area contributed by atoms with Crippen LogP contribution in [0.1, 0.15) is 38.7 Å². The van der Waals surface area contributed by atoms with Crippen molar-refractivity contribution in [1.29, 1.82) is 0 Å². The van der Waals surface area contributed by atoms with E-state index in [0.29, 0.717) is 18.4 Å². The molecular weight excluding hydrogens is 587 g/mol. The van der Waals surface area contributed by atoms with Crippen LogP contribution in [-0.4, -0.2) is 72.7 Å². The van der Waals surface area contributed by atoms with Crippen molar-refractivity contribution >= 4 is 44.2 Å². The number of aromatic nitrogens is 2. The number of alkyl halides is 3. The molecule has 3 aromatic rings. The Morgan fingerprint density at radius 3 is 2.48 bits per heavy atom. The quantitative estimate of drug-likeness (QED) is 0.299. The molecule has 1 fully saturated rings. The fraction of sp³-hybridized carbons (Fsp3) is 0.517. The molecule has 230 valence electrons. The van der Waals surface area contributed by atoms with Gasteiger partial charge in [-0.05, 0) is 94.8 Å². The number of hydrogen-bond donors (Lipinski definition) is 2. The van der Waals surface area contributed by atoms with Crippen molar-refractivity contribution in [2.24, 2.45) is 13.0 Å². The fourth-order valence-corrected chi connectivity index (χ4v) is 7.64. The van der Waals surface area contributed by atoms with Crippen LogP contribution in [0.15, 0.2) is 52.3 Å². The van der Waals surface area contributed by atoms with Crippen molar-refractivity contribution in [3.63, 3.8) is 0 Å². The zero-order chi connectivity index (χ0) is 30.8. The van der Waals surface area contributed by atoms with E-state index in [4.69, 9.17) is 0 Å². The second-order valence-corrected chi connectivity index (χ2v) is 14.1. The molecule has 1 aliphatic carbocycles. The Kier molecular flexibility index (Phi) is 9.83. The molecule has 1 heterocycles. The molecule has 13 heteroatoms. The van der Waals surface area contributed by atoms with Gasteiger partial charge in [-0.25, -0.2) is 8.42 Å². The van der Waals surface area contributed by atoms with Crippen LogP contribution in [0, 0.1) is 5.92 Å². The first-order chi connectivity index (χ1) is 19.7. The summed E-state index contributed by atoms with van der Waals surface area (Å²) in [5.41, 5.74) is -0.305. The number of fused-ring (bicyclic) bond motifs is 1. The van der Waals surface area contributed by atoms with Gasteiger partial charge in [0.2, 0.25) is 5.91 Å². The van der Waals surface area contributed by atoms with Gasteiger partial charge >= 0.3 is 6.18 Å². The van der Waals surface area contributed by atoms with Gasteiger partial charge in [-0.2, -0.15) is 18.3 Å². The number of halogens is 3. The maximum Gasteiger partial charge on any atom is 0.416 e. The van der Waals surface area contributed by atoms with Crippen molar-refractivity contribution < 1.29 is 26.4 Å². The highest BCUT2D eigenvalue weighted by atomic mass is 32.2. The Bertz CT molecular complexity index is 1510. The predicted octanol–water partition coefficient (Wildman–Crippen LogP) is 5.19. The molecule has 4 rings (SSSR count). The number of thioether (sulfide) groups is 1. The number of anilines is 1. The van der Waals surface area contributed by atoms with Gasteiger partial charge in [0, 0.05) is 35.5 Å². The summed E-state index contributed by atoms with van der Waals surface area (Å²) in [4.78, 5) is 16.5. The lowest BCUT2D eigenvalue weighted by molar-refractivity contribution is -0.137. The van der Waals surface area contributed by atoms with Crippen LogP contribution < -0.4 is 10.6 Å². The zero-order valence-corrected chi connectivity index (χ0v) is 26.0. The van der Waals surface area contributed by atoms with E-state index in [0.717, 1.165) is 23.4 Å². The number of amides is 1. The topological polar surface area (TPSA) is 96.3 Å². The summed E-state index contributed by atoms with van der Waals surface area (Å²) in [6, 6.07) is 10.3. The molecule has 0 spiro atoms. The molecular formula is C29H38F3N5O3S2. The van der Waals surface area contributed by atoms with E-state index in [-0.39, 0.29) is 58.3 Å². The first-order valence-electron chi connectivity index (χ1n) is 13.9. The number of aryl methyl sites for hydroxylation is 1. The van der Waals surface area contributed by atoms with Gasteiger partial charge in [0.15, 0.2) is 15.7 Å². The Labute approximate surface area is 249 Å². The Balaban J connectivity index is 1.49. The SMILES string of the molecule is CSc1ccc(S(=O)(=O)C[C@@H]2C[C@H](N(C)C(C)C)CC[C@@H]2NC(=O)CNc2nn(C)c3ccc(C(F)(F)F)cc23)cc1. The van der Waals surface area contributed by atoms with Gasteiger partial charge in [0.25, 0.3) is 0 Å². The summed E-state index contributed by atoms with van der Waals surface area (Å²) in [6.45, 7) is 3.97. The van der Waals surface area contributed by atoms with E-state index in [2.05, 4.69) is 34.5 Å². The number of carbonyl (C=O) groups excluding carboxylic acids is 1. The molecule has 0 unspecified atom stereocenters. The minimum absolute atomic E-state index is 0.0997. The van der Waals surface area contributed by atoms with Crippen LogP contribution in [0.25, 0.3) is 10.9 Å². The molecule has 0 bridgehead atoms. The van der Waals surface area contributed by atoms with Gasteiger partial charge in [0.1, 0.15) is 0 Å². The molecule has 1 aromatic heterocycles. The lowest BCUT2D eigenvalue weighted by Gasteiger charge is -2.41. The molecule has 2 N–H and O–H groups in total. The minimum Gasteiger partial charge on any atom is -0.359 e. The predicted molar refractivity (Wildman–Crippen MR) is 160 cm³/mol. The Hall–Kier alpha value is -2.77. The second-order valence-electron chi connectivity index (χ2n) is 11.2. The first-order valence-corrected chi connectivity index (χ1v) is 16.7. The number of benzene rings is 2. The Morgan fingerprint density at radius 1 is 1.17 bits per heavy atom. The maximum absolute atomic E-state index is 13.4. The van der Waals surface area contributed by atoms with Crippen LogP contribution in [0.4, 0.5) is 19.0 Å². The molecule has 0 radical (unpaired) electrons. The summed E-state index contributed by atoms with van der Waals surface area (Å²) in [7, 11) is 0.0368. The monoisotopic (exact) mass is 625 g/mol. The second kappa shape index (κ2) is 12.8. The van der Waals surface area contributed by atoms with Crippen molar-refractivity contribution in [2.75, 3.05) is 30.9 Å². The molecule has 8 nitrogen and oxygen atoms in total. The molecule has 1 saturated carbocycles.